The van der Waals surface area contributed by atoms with E-state index in [0.29, 0.717) is 17.5 Å². The van der Waals surface area contributed by atoms with E-state index < -0.39 is 0 Å². The number of amides is 1. The largest absolute Gasteiger partial charge is 0.345 e. The van der Waals surface area contributed by atoms with Crippen LogP contribution in [0, 0.1) is 5.82 Å². The molecule has 0 aliphatic carbocycles. The van der Waals surface area contributed by atoms with Crippen molar-refractivity contribution in [1.82, 2.24) is 4.90 Å². The first-order chi connectivity index (χ1) is 8.56. The molecule has 0 atom stereocenters. The van der Waals surface area contributed by atoms with Crippen LogP contribution in [-0.4, -0.2) is 24.9 Å². The van der Waals surface area contributed by atoms with Crippen LogP contribution in [0.1, 0.15) is 50.5 Å². The van der Waals surface area contributed by atoms with Crippen molar-refractivity contribution >= 4 is 5.91 Å². The number of rotatable bonds is 2. The average Bonchev–Trinajstić information content (AvgIpc) is 2.42. The van der Waals surface area contributed by atoms with E-state index in [1.54, 1.807) is 26.2 Å². The number of hydrogen-bond acceptors (Lipinski definition) is 1. The third-order valence-electron chi connectivity index (χ3n) is 2.09. The topological polar surface area (TPSA) is 20.3 Å². The fourth-order valence-corrected chi connectivity index (χ4v) is 1.23. The van der Waals surface area contributed by atoms with Gasteiger partial charge in [0, 0.05) is 19.7 Å². The van der Waals surface area contributed by atoms with Crippen LogP contribution in [0.3, 0.4) is 0 Å². The lowest BCUT2D eigenvalue weighted by atomic mass is 10.1. The molecule has 3 heteroatoms. The van der Waals surface area contributed by atoms with Crippen molar-refractivity contribution in [1.29, 1.82) is 0 Å². The second-order valence-corrected chi connectivity index (χ2v) is 3.36. The predicted molar refractivity (Wildman–Crippen MR) is 76.5 cm³/mol. The summed E-state index contributed by atoms with van der Waals surface area (Å²) in [6, 6.07) is 4.61. The molecule has 0 radical (unpaired) electrons. The molecular weight excluding hydrogens is 229 g/mol. The van der Waals surface area contributed by atoms with Gasteiger partial charge in [-0.1, -0.05) is 40.7 Å². The molecule has 0 N–H and O–H groups in total. The Morgan fingerprint density at radius 3 is 2.00 bits per heavy atom. The van der Waals surface area contributed by atoms with E-state index in [4.69, 9.17) is 0 Å². The van der Waals surface area contributed by atoms with Crippen LogP contribution in [0.25, 0.3) is 0 Å². The minimum Gasteiger partial charge on any atom is -0.345 e. The first kappa shape index (κ1) is 19.0. The van der Waals surface area contributed by atoms with Gasteiger partial charge in [0.2, 0.25) is 0 Å². The van der Waals surface area contributed by atoms with Gasteiger partial charge >= 0.3 is 0 Å². The summed E-state index contributed by atoms with van der Waals surface area (Å²) in [5.74, 6) is -0.480. The number of halogens is 1. The van der Waals surface area contributed by atoms with Crippen LogP contribution in [0.4, 0.5) is 4.39 Å². The number of aryl methyl sites for hydroxylation is 1. The quantitative estimate of drug-likeness (QED) is 0.777. The molecule has 0 aliphatic heterocycles. The molecule has 18 heavy (non-hydrogen) atoms. The molecule has 0 saturated heterocycles. The summed E-state index contributed by atoms with van der Waals surface area (Å²) >= 11 is 0. The van der Waals surface area contributed by atoms with Crippen LogP contribution in [-0.2, 0) is 6.42 Å². The first-order valence-corrected chi connectivity index (χ1v) is 6.56. The maximum Gasteiger partial charge on any atom is 0.253 e. The standard InChI is InChI=1S/C11H14FNO.2C2H6/c1-4-8-5-6-9(7-10(8)12)11(14)13(2)3;2*1-2/h5-7H,4H2,1-3H3;2*1-2H3. The molecule has 0 fully saturated rings. The fourth-order valence-electron chi connectivity index (χ4n) is 1.23. The molecule has 0 bridgehead atoms. The summed E-state index contributed by atoms with van der Waals surface area (Å²) in [4.78, 5) is 12.9. The number of benzene rings is 1. The summed E-state index contributed by atoms with van der Waals surface area (Å²) in [5.41, 5.74) is 1.03. The van der Waals surface area contributed by atoms with E-state index >= 15 is 0 Å². The lowest BCUT2D eigenvalue weighted by molar-refractivity contribution is 0.0827. The molecule has 1 amide bonds. The van der Waals surface area contributed by atoms with Gasteiger partial charge in [0.05, 0.1) is 0 Å². The van der Waals surface area contributed by atoms with Crippen molar-refractivity contribution in [3.05, 3.63) is 35.1 Å². The minimum atomic E-state index is -0.305. The van der Waals surface area contributed by atoms with Gasteiger partial charge < -0.3 is 4.90 Å². The Labute approximate surface area is 111 Å². The molecule has 0 unspecified atom stereocenters. The Balaban J connectivity index is 0. The van der Waals surface area contributed by atoms with Crippen LogP contribution in [0.2, 0.25) is 0 Å². The van der Waals surface area contributed by atoms with Gasteiger partial charge in [-0.3, -0.25) is 4.79 Å². The summed E-state index contributed by atoms with van der Waals surface area (Å²) < 4.78 is 13.3. The highest BCUT2D eigenvalue weighted by molar-refractivity contribution is 5.93. The highest BCUT2D eigenvalue weighted by atomic mass is 19.1. The maximum atomic E-state index is 13.3. The van der Waals surface area contributed by atoms with E-state index in [-0.39, 0.29) is 11.7 Å². The summed E-state index contributed by atoms with van der Waals surface area (Å²) in [6.07, 6.45) is 0.641. The molecule has 0 aromatic heterocycles. The molecular formula is C15H26FNO. The lowest BCUT2D eigenvalue weighted by Gasteiger charge is -2.10. The van der Waals surface area contributed by atoms with Crippen LogP contribution in [0.5, 0.6) is 0 Å². The molecule has 2 nitrogen and oxygen atoms in total. The van der Waals surface area contributed by atoms with E-state index in [1.807, 2.05) is 34.6 Å². The molecule has 1 rings (SSSR count). The van der Waals surface area contributed by atoms with E-state index in [1.165, 1.54) is 11.0 Å². The number of carbonyl (C=O) groups excluding carboxylic acids is 1. The molecule has 0 heterocycles. The normalized spacial score (nSPS) is 8.44. The van der Waals surface area contributed by atoms with Gasteiger partial charge in [-0.15, -0.1) is 0 Å². The van der Waals surface area contributed by atoms with Crippen LogP contribution in [0.15, 0.2) is 18.2 Å². The smallest absolute Gasteiger partial charge is 0.253 e. The van der Waals surface area contributed by atoms with Crippen molar-refractivity contribution in [3.63, 3.8) is 0 Å². The monoisotopic (exact) mass is 255 g/mol. The van der Waals surface area contributed by atoms with Crippen molar-refractivity contribution in [2.45, 2.75) is 41.0 Å². The highest BCUT2D eigenvalue weighted by Gasteiger charge is 2.10. The Bertz CT molecular complexity index is 348. The first-order valence-electron chi connectivity index (χ1n) is 6.56. The van der Waals surface area contributed by atoms with Gasteiger partial charge in [-0.25, -0.2) is 4.39 Å². The number of hydrogen-bond donors (Lipinski definition) is 0. The number of nitrogens with zero attached hydrogens (tertiary/aromatic N) is 1. The van der Waals surface area contributed by atoms with Crippen molar-refractivity contribution in [3.8, 4) is 0 Å². The van der Waals surface area contributed by atoms with E-state index in [9.17, 15) is 9.18 Å². The van der Waals surface area contributed by atoms with Crippen molar-refractivity contribution in [2.75, 3.05) is 14.1 Å². The average molecular weight is 255 g/mol. The lowest BCUT2D eigenvalue weighted by Crippen LogP contribution is -2.21. The van der Waals surface area contributed by atoms with Gasteiger partial charge in [0.1, 0.15) is 5.82 Å². The molecule has 104 valence electrons. The molecule has 1 aromatic rings. The van der Waals surface area contributed by atoms with Gasteiger partial charge in [-0.2, -0.15) is 0 Å². The zero-order valence-electron chi connectivity index (χ0n) is 12.7. The zero-order valence-corrected chi connectivity index (χ0v) is 12.7. The van der Waals surface area contributed by atoms with Crippen LogP contribution >= 0.6 is 0 Å². The molecule has 1 aromatic carbocycles. The summed E-state index contributed by atoms with van der Waals surface area (Å²) in [6.45, 7) is 9.88. The van der Waals surface area contributed by atoms with E-state index in [0.717, 1.165) is 0 Å². The zero-order chi connectivity index (χ0) is 14.7. The Hall–Kier alpha value is -1.38. The maximum absolute atomic E-state index is 13.3. The fraction of sp³-hybridized carbons (Fsp3) is 0.533. The summed E-state index contributed by atoms with van der Waals surface area (Å²) in [5, 5.41) is 0. The number of carbonyl (C=O) groups is 1. The second kappa shape index (κ2) is 10.8. The molecule has 0 spiro atoms. The SMILES string of the molecule is CC.CC.CCc1ccc(C(=O)N(C)C)cc1F. The van der Waals surface area contributed by atoms with Crippen molar-refractivity contribution in [2.24, 2.45) is 0 Å². The predicted octanol–water partition coefficient (Wildman–Crippen LogP) is 4.14. The Kier molecular flexibility index (Phi) is 11.3. The van der Waals surface area contributed by atoms with Crippen molar-refractivity contribution < 1.29 is 9.18 Å². The van der Waals surface area contributed by atoms with Gasteiger partial charge in [-0.05, 0) is 24.1 Å². The third-order valence-corrected chi connectivity index (χ3v) is 2.09. The second-order valence-electron chi connectivity index (χ2n) is 3.36. The third kappa shape index (κ3) is 5.80. The van der Waals surface area contributed by atoms with Crippen LogP contribution < -0.4 is 0 Å². The molecule has 0 saturated carbocycles. The minimum absolute atomic E-state index is 0.174. The van der Waals surface area contributed by atoms with Gasteiger partial charge in [0.15, 0.2) is 0 Å². The summed E-state index contributed by atoms with van der Waals surface area (Å²) in [7, 11) is 3.29. The highest BCUT2D eigenvalue weighted by Crippen LogP contribution is 2.12. The van der Waals surface area contributed by atoms with Gasteiger partial charge in [0.25, 0.3) is 5.91 Å². The van der Waals surface area contributed by atoms with E-state index in [2.05, 4.69) is 0 Å². The molecule has 0 aliphatic rings. The Morgan fingerprint density at radius 1 is 1.17 bits per heavy atom. The Morgan fingerprint density at radius 2 is 1.67 bits per heavy atom.